The van der Waals surface area contributed by atoms with Gasteiger partial charge >= 0.3 is 6.09 Å². The van der Waals surface area contributed by atoms with Crippen molar-refractivity contribution in [3.8, 4) is 0 Å². The third-order valence-electron chi connectivity index (χ3n) is 0.482. The van der Waals surface area contributed by atoms with Crippen molar-refractivity contribution in [1.29, 1.82) is 0 Å². The van der Waals surface area contributed by atoms with Crippen molar-refractivity contribution in [2.45, 2.75) is 12.4 Å². The number of hydrogen-bond donors (Lipinski definition) is 2. The molecule has 8 heavy (non-hydrogen) atoms. The summed E-state index contributed by atoms with van der Waals surface area (Å²) >= 11 is 3.81. The Kier molecular flexibility index (Phi) is 3.43. The van der Waals surface area contributed by atoms with Crippen LogP contribution in [0.5, 0.6) is 0 Å². The fourth-order valence-electron chi connectivity index (χ4n) is 0.214. The summed E-state index contributed by atoms with van der Waals surface area (Å²) in [5.74, 6) is 0. The van der Waals surface area contributed by atoms with Gasteiger partial charge in [0.15, 0.2) is 0 Å². The molecule has 1 amide bonds. The summed E-state index contributed by atoms with van der Waals surface area (Å²) in [6.45, 7) is 1.67. The van der Waals surface area contributed by atoms with E-state index >= 15 is 0 Å². The van der Waals surface area contributed by atoms with Crippen LogP contribution in [0.2, 0.25) is 0 Å². The number of nitrogens with one attached hydrogen (secondary N) is 1. The van der Waals surface area contributed by atoms with E-state index < -0.39 is 6.09 Å². The van der Waals surface area contributed by atoms with Crippen LogP contribution in [0.25, 0.3) is 0 Å². The molecule has 0 bridgehead atoms. The zero-order chi connectivity index (χ0) is 6.57. The van der Waals surface area contributed by atoms with Crippen LogP contribution in [-0.2, 0) is 4.74 Å². The van der Waals surface area contributed by atoms with Gasteiger partial charge in [-0.05, 0) is 6.92 Å². The molecule has 0 heterocycles. The molecule has 0 fully saturated rings. The van der Waals surface area contributed by atoms with Crippen LogP contribution in [0, 0.1) is 0 Å². The van der Waals surface area contributed by atoms with Gasteiger partial charge in [-0.3, -0.25) is 0 Å². The first-order valence-corrected chi connectivity index (χ1v) is 2.75. The molecule has 1 unspecified atom stereocenters. The molecule has 3 nitrogen and oxygen atoms in total. The number of amides is 1. The molecule has 0 aromatic carbocycles. The summed E-state index contributed by atoms with van der Waals surface area (Å²) in [4.78, 5) is 10.2. The van der Waals surface area contributed by atoms with Crippen molar-refractivity contribution >= 4 is 18.7 Å². The average molecular weight is 135 g/mol. The minimum Gasteiger partial charge on any atom is -0.436 e. The summed E-state index contributed by atoms with van der Waals surface area (Å²) in [6.07, 6.45) is -0.451. The van der Waals surface area contributed by atoms with Gasteiger partial charge in [-0.15, -0.1) is 12.6 Å². The van der Waals surface area contributed by atoms with Crippen molar-refractivity contribution in [2.75, 3.05) is 7.05 Å². The van der Waals surface area contributed by atoms with Gasteiger partial charge in [-0.2, -0.15) is 0 Å². The fourth-order valence-corrected chi connectivity index (χ4v) is 0.310. The molecule has 0 spiro atoms. The molecular weight excluding hydrogens is 126 g/mol. The molecule has 0 rings (SSSR count). The number of ether oxygens (including phenoxy) is 1. The number of carbonyl (C=O) groups excluding carboxylic acids is 1. The predicted octanol–water partition coefficient (Wildman–Crippen LogP) is 0.618. The molecular formula is C4H9NO2S. The highest BCUT2D eigenvalue weighted by Gasteiger charge is 1.99. The molecule has 0 saturated heterocycles. The highest BCUT2D eigenvalue weighted by Crippen LogP contribution is 1.93. The van der Waals surface area contributed by atoms with Crippen LogP contribution in [0.3, 0.4) is 0 Å². The highest BCUT2D eigenvalue weighted by atomic mass is 32.1. The summed E-state index contributed by atoms with van der Waals surface area (Å²) in [7, 11) is 1.50. The van der Waals surface area contributed by atoms with E-state index in [0.29, 0.717) is 0 Å². The smallest absolute Gasteiger partial charge is 0.407 e. The standard InChI is InChI=1S/C4H9NO2S/c1-3(8)7-4(6)5-2/h3,8H,1-2H3,(H,5,6). The molecule has 0 aliphatic heterocycles. The van der Waals surface area contributed by atoms with Crippen molar-refractivity contribution in [2.24, 2.45) is 0 Å². The number of rotatable bonds is 1. The molecule has 0 radical (unpaired) electrons. The van der Waals surface area contributed by atoms with Crippen molar-refractivity contribution < 1.29 is 9.53 Å². The minimum absolute atomic E-state index is 0.338. The summed E-state index contributed by atoms with van der Waals surface area (Å²) in [5.41, 5.74) is -0.338. The van der Waals surface area contributed by atoms with Gasteiger partial charge in [-0.25, -0.2) is 4.79 Å². The Hall–Kier alpha value is -0.380. The van der Waals surface area contributed by atoms with Gasteiger partial charge in [0.25, 0.3) is 0 Å². The quantitative estimate of drug-likeness (QED) is 0.408. The van der Waals surface area contributed by atoms with E-state index in [4.69, 9.17) is 0 Å². The fraction of sp³-hybridized carbons (Fsp3) is 0.750. The van der Waals surface area contributed by atoms with Crippen LogP contribution >= 0.6 is 12.6 Å². The van der Waals surface area contributed by atoms with E-state index in [-0.39, 0.29) is 5.44 Å². The lowest BCUT2D eigenvalue weighted by Crippen LogP contribution is -2.21. The molecule has 0 aliphatic rings. The monoisotopic (exact) mass is 135 g/mol. The summed E-state index contributed by atoms with van der Waals surface area (Å²) in [5, 5.41) is 2.29. The molecule has 0 aromatic heterocycles. The van der Waals surface area contributed by atoms with Gasteiger partial charge < -0.3 is 10.1 Å². The molecule has 4 heteroatoms. The lowest BCUT2D eigenvalue weighted by atomic mass is 10.8. The Morgan fingerprint density at radius 2 is 2.38 bits per heavy atom. The second-order valence-corrected chi connectivity index (χ2v) is 1.98. The second kappa shape index (κ2) is 3.60. The topological polar surface area (TPSA) is 38.3 Å². The first-order chi connectivity index (χ1) is 3.66. The van der Waals surface area contributed by atoms with E-state index in [2.05, 4.69) is 22.7 Å². The zero-order valence-electron chi connectivity index (χ0n) is 4.84. The van der Waals surface area contributed by atoms with Crippen molar-refractivity contribution in [3.05, 3.63) is 0 Å². The van der Waals surface area contributed by atoms with Crippen LogP contribution in [0.1, 0.15) is 6.92 Å². The van der Waals surface area contributed by atoms with Gasteiger partial charge in [0.1, 0.15) is 5.44 Å². The average Bonchev–Trinajstić information content (AvgIpc) is 1.65. The van der Waals surface area contributed by atoms with Gasteiger partial charge in [0.05, 0.1) is 0 Å². The van der Waals surface area contributed by atoms with Gasteiger partial charge in [0.2, 0.25) is 0 Å². The Balaban J connectivity index is 3.25. The number of hydrogen-bond acceptors (Lipinski definition) is 3. The molecule has 1 atom stereocenters. The van der Waals surface area contributed by atoms with Crippen LogP contribution in [0.15, 0.2) is 0 Å². The first-order valence-electron chi connectivity index (χ1n) is 2.23. The van der Waals surface area contributed by atoms with Crippen LogP contribution in [-0.4, -0.2) is 18.6 Å². The Bertz CT molecular complexity index is 84.1. The number of alkyl carbamates (subject to hydrolysis) is 1. The maximum absolute atomic E-state index is 10.2. The molecule has 48 valence electrons. The van der Waals surface area contributed by atoms with E-state index in [1.807, 2.05) is 0 Å². The Morgan fingerprint density at radius 3 is 2.50 bits per heavy atom. The van der Waals surface area contributed by atoms with E-state index in [9.17, 15) is 4.79 Å². The first kappa shape index (κ1) is 7.62. The maximum Gasteiger partial charge on any atom is 0.407 e. The maximum atomic E-state index is 10.2. The zero-order valence-corrected chi connectivity index (χ0v) is 5.74. The normalized spacial score (nSPS) is 12.4. The van der Waals surface area contributed by atoms with Gasteiger partial charge in [-0.1, -0.05) is 0 Å². The molecule has 0 aliphatic carbocycles. The Labute approximate surface area is 53.8 Å². The SMILES string of the molecule is CNC(=O)OC(C)S. The second-order valence-electron chi connectivity index (χ2n) is 1.25. The third kappa shape index (κ3) is 3.80. The van der Waals surface area contributed by atoms with Crippen LogP contribution < -0.4 is 5.32 Å². The highest BCUT2D eigenvalue weighted by molar-refractivity contribution is 7.80. The molecule has 1 N–H and O–H groups in total. The molecule has 0 saturated carbocycles. The minimum atomic E-state index is -0.451. The van der Waals surface area contributed by atoms with Crippen LogP contribution in [0.4, 0.5) is 4.79 Å². The third-order valence-corrected chi connectivity index (χ3v) is 0.587. The summed E-state index contributed by atoms with van der Waals surface area (Å²) in [6, 6.07) is 0. The van der Waals surface area contributed by atoms with Crippen molar-refractivity contribution in [3.63, 3.8) is 0 Å². The molecule has 0 aromatic rings. The Morgan fingerprint density at radius 1 is 1.88 bits per heavy atom. The van der Waals surface area contributed by atoms with Crippen molar-refractivity contribution in [1.82, 2.24) is 5.32 Å². The largest absolute Gasteiger partial charge is 0.436 e. The summed E-state index contributed by atoms with van der Waals surface area (Å²) < 4.78 is 4.51. The number of carbonyl (C=O) groups is 1. The van der Waals surface area contributed by atoms with E-state index in [1.165, 1.54) is 7.05 Å². The van der Waals surface area contributed by atoms with Gasteiger partial charge in [0, 0.05) is 7.05 Å². The predicted molar refractivity (Wildman–Crippen MR) is 34.0 cm³/mol. The van der Waals surface area contributed by atoms with E-state index in [1.54, 1.807) is 6.92 Å². The lowest BCUT2D eigenvalue weighted by Gasteiger charge is -2.04. The van der Waals surface area contributed by atoms with E-state index in [0.717, 1.165) is 0 Å². The lowest BCUT2D eigenvalue weighted by molar-refractivity contribution is 0.144. The number of thiol groups is 1.